The maximum Gasteiger partial charge on any atom is 0.311 e. The topological polar surface area (TPSA) is 123 Å². The summed E-state index contributed by atoms with van der Waals surface area (Å²) < 4.78 is 0. The van der Waals surface area contributed by atoms with E-state index in [0.29, 0.717) is 5.82 Å². The second-order valence-corrected chi connectivity index (χ2v) is 4.72. The Kier molecular flexibility index (Phi) is 4.26. The van der Waals surface area contributed by atoms with Gasteiger partial charge in [-0.3, -0.25) is 14.9 Å². The minimum Gasteiger partial charge on any atom is -0.373 e. The van der Waals surface area contributed by atoms with Crippen LogP contribution >= 0.6 is 0 Å². The average Bonchev–Trinajstić information content (AvgIpc) is 2.25. The van der Waals surface area contributed by atoms with Crippen molar-refractivity contribution in [1.29, 1.82) is 0 Å². The molecule has 4 N–H and O–H groups in total. The molecule has 0 spiro atoms. The number of rotatable bonds is 6. The fourth-order valence-corrected chi connectivity index (χ4v) is 1.63. The van der Waals surface area contributed by atoms with Crippen molar-refractivity contribution in [3.63, 3.8) is 0 Å². The molecule has 0 aliphatic carbocycles. The molecule has 0 radical (unpaired) electrons. The highest BCUT2D eigenvalue weighted by atomic mass is 16.6. The second kappa shape index (κ2) is 5.51. The summed E-state index contributed by atoms with van der Waals surface area (Å²) >= 11 is 0. The number of aromatic nitrogens is 1. The number of carbonyl (C=O) groups is 1. The molecule has 0 saturated carbocycles. The van der Waals surface area contributed by atoms with Crippen molar-refractivity contribution < 1.29 is 9.72 Å². The van der Waals surface area contributed by atoms with Gasteiger partial charge in [-0.1, -0.05) is 0 Å². The summed E-state index contributed by atoms with van der Waals surface area (Å²) in [7, 11) is 1.66. The first kappa shape index (κ1) is 14.7. The van der Waals surface area contributed by atoms with Crippen molar-refractivity contribution >= 4 is 23.2 Å². The number of hydrogen-bond donors (Lipinski definition) is 3. The molecule has 0 aliphatic rings. The van der Waals surface area contributed by atoms with Crippen molar-refractivity contribution in [2.75, 3.05) is 17.7 Å². The van der Waals surface area contributed by atoms with Crippen LogP contribution in [0.5, 0.6) is 0 Å². The van der Waals surface area contributed by atoms with Gasteiger partial charge in [0, 0.05) is 25.1 Å². The van der Waals surface area contributed by atoms with Crippen LogP contribution < -0.4 is 16.4 Å². The molecule has 0 aliphatic heterocycles. The summed E-state index contributed by atoms with van der Waals surface area (Å²) in [5.41, 5.74) is 4.26. The maximum absolute atomic E-state index is 11.0. The quantitative estimate of drug-likeness (QED) is 0.523. The third kappa shape index (κ3) is 4.09. The molecule has 0 atom stereocenters. The highest BCUT2D eigenvalue weighted by Gasteiger charge is 2.25. The molecular formula is C11H17N5O3. The van der Waals surface area contributed by atoms with Crippen LogP contribution in [0.25, 0.3) is 0 Å². The summed E-state index contributed by atoms with van der Waals surface area (Å²) in [4.78, 5) is 25.5. The van der Waals surface area contributed by atoms with Crippen LogP contribution in [0.1, 0.15) is 20.3 Å². The summed E-state index contributed by atoms with van der Waals surface area (Å²) in [6.45, 7) is 3.43. The van der Waals surface area contributed by atoms with E-state index in [0.717, 1.165) is 0 Å². The van der Waals surface area contributed by atoms with Crippen molar-refractivity contribution in [1.82, 2.24) is 4.98 Å². The molecule has 1 heterocycles. The van der Waals surface area contributed by atoms with Gasteiger partial charge < -0.3 is 16.4 Å². The number of anilines is 2. The molecule has 0 fully saturated rings. The van der Waals surface area contributed by atoms with Crippen LogP contribution in [0.15, 0.2) is 12.1 Å². The van der Waals surface area contributed by atoms with Gasteiger partial charge in [0.1, 0.15) is 5.82 Å². The number of nitrogens with zero attached hydrogens (tertiary/aromatic N) is 2. The summed E-state index contributed by atoms with van der Waals surface area (Å²) in [5, 5.41) is 16.6. The number of nitro groups is 1. The first-order valence-corrected chi connectivity index (χ1v) is 5.65. The van der Waals surface area contributed by atoms with E-state index in [9.17, 15) is 14.9 Å². The van der Waals surface area contributed by atoms with Crippen LogP contribution in [0.2, 0.25) is 0 Å². The van der Waals surface area contributed by atoms with E-state index in [4.69, 9.17) is 5.73 Å². The molecule has 104 valence electrons. The molecule has 1 aromatic heterocycles. The van der Waals surface area contributed by atoms with Crippen LogP contribution in [-0.4, -0.2) is 28.4 Å². The monoisotopic (exact) mass is 267 g/mol. The van der Waals surface area contributed by atoms with E-state index in [1.165, 1.54) is 12.1 Å². The lowest BCUT2D eigenvalue weighted by molar-refractivity contribution is -0.384. The SMILES string of the molecule is CNc1ccc([N+](=O)[O-])c(NC(C)(C)CC(N)=O)n1. The first-order valence-electron chi connectivity index (χ1n) is 5.65. The lowest BCUT2D eigenvalue weighted by Crippen LogP contribution is -2.36. The molecule has 8 nitrogen and oxygen atoms in total. The van der Waals surface area contributed by atoms with Gasteiger partial charge in [-0.15, -0.1) is 0 Å². The Hall–Kier alpha value is -2.38. The molecule has 1 aromatic rings. The molecule has 0 aromatic carbocycles. The normalized spacial score (nSPS) is 10.9. The third-order valence-electron chi connectivity index (χ3n) is 2.40. The highest BCUT2D eigenvalue weighted by molar-refractivity contribution is 5.76. The fourth-order valence-electron chi connectivity index (χ4n) is 1.63. The predicted molar refractivity (Wildman–Crippen MR) is 72.0 cm³/mol. The number of primary amides is 1. The molecule has 0 unspecified atom stereocenters. The standard InChI is InChI=1S/C11H17N5O3/c1-11(2,6-8(12)17)15-10-7(16(18)19)4-5-9(13-3)14-10/h4-5H,6H2,1-3H3,(H2,12,17)(H2,13,14,15). The second-order valence-electron chi connectivity index (χ2n) is 4.72. The Morgan fingerprint density at radius 3 is 2.63 bits per heavy atom. The summed E-state index contributed by atoms with van der Waals surface area (Å²) in [6, 6.07) is 2.85. The van der Waals surface area contributed by atoms with E-state index in [-0.39, 0.29) is 17.9 Å². The van der Waals surface area contributed by atoms with E-state index in [1.54, 1.807) is 20.9 Å². The van der Waals surface area contributed by atoms with Crippen molar-refractivity contribution in [2.45, 2.75) is 25.8 Å². The first-order chi connectivity index (χ1) is 8.75. The number of pyridine rings is 1. The zero-order chi connectivity index (χ0) is 14.6. The number of nitrogens with two attached hydrogens (primary N) is 1. The van der Waals surface area contributed by atoms with Gasteiger partial charge >= 0.3 is 5.69 Å². The van der Waals surface area contributed by atoms with Crippen molar-refractivity contribution in [3.05, 3.63) is 22.2 Å². The van der Waals surface area contributed by atoms with Crippen molar-refractivity contribution in [3.8, 4) is 0 Å². The summed E-state index contributed by atoms with van der Waals surface area (Å²) in [6.07, 6.45) is 0.0373. The molecule has 8 heteroatoms. The predicted octanol–water partition coefficient (Wildman–Crippen LogP) is 1.10. The third-order valence-corrected chi connectivity index (χ3v) is 2.40. The van der Waals surface area contributed by atoms with E-state index in [2.05, 4.69) is 15.6 Å². The largest absolute Gasteiger partial charge is 0.373 e. The zero-order valence-corrected chi connectivity index (χ0v) is 11.1. The van der Waals surface area contributed by atoms with E-state index in [1.807, 2.05) is 0 Å². The number of hydrogen-bond acceptors (Lipinski definition) is 6. The molecule has 19 heavy (non-hydrogen) atoms. The van der Waals surface area contributed by atoms with Crippen LogP contribution in [0, 0.1) is 10.1 Å². The summed E-state index contributed by atoms with van der Waals surface area (Å²) in [5.74, 6) is 0.0935. The number of carbonyl (C=O) groups excluding carboxylic acids is 1. The Morgan fingerprint density at radius 2 is 2.16 bits per heavy atom. The molecule has 1 rings (SSSR count). The zero-order valence-electron chi connectivity index (χ0n) is 11.1. The van der Waals surface area contributed by atoms with E-state index < -0.39 is 16.4 Å². The van der Waals surface area contributed by atoms with Gasteiger partial charge in [0.2, 0.25) is 11.7 Å². The molecule has 1 amide bonds. The molecule has 0 bridgehead atoms. The highest BCUT2D eigenvalue weighted by Crippen LogP contribution is 2.27. The van der Waals surface area contributed by atoms with Crippen LogP contribution in [0.3, 0.4) is 0 Å². The maximum atomic E-state index is 11.0. The van der Waals surface area contributed by atoms with Gasteiger partial charge in [-0.25, -0.2) is 4.98 Å². The Bertz CT molecular complexity index is 501. The van der Waals surface area contributed by atoms with E-state index >= 15 is 0 Å². The Morgan fingerprint density at radius 1 is 1.53 bits per heavy atom. The van der Waals surface area contributed by atoms with Gasteiger partial charge in [0.15, 0.2) is 0 Å². The number of amides is 1. The Balaban J connectivity index is 3.10. The lowest BCUT2D eigenvalue weighted by atomic mass is 10.0. The van der Waals surface area contributed by atoms with Gasteiger partial charge in [0.05, 0.1) is 4.92 Å². The van der Waals surface area contributed by atoms with Gasteiger partial charge in [0.25, 0.3) is 0 Å². The van der Waals surface area contributed by atoms with Crippen LogP contribution in [0.4, 0.5) is 17.3 Å². The minimum absolute atomic E-state index is 0.0373. The minimum atomic E-state index is -0.726. The van der Waals surface area contributed by atoms with Crippen molar-refractivity contribution in [2.24, 2.45) is 5.73 Å². The fraction of sp³-hybridized carbons (Fsp3) is 0.455. The smallest absolute Gasteiger partial charge is 0.311 e. The number of nitrogens with one attached hydrogen (secondary N) is 2. The molecule has 0 saturated heterocycles. The Labute approximate surface area is 110 Å². The van der Waals surface area contributed by atoms with Gasteiger partial charge in [-0.05, 0) is 19.9 Å². The lowest BCUT2D eigenvalue weighted by Gasteiger charge is -2.25. The van der Waals surface area contributed by atoms with Gasteiger partial charge in [-0.2, -0.15) is 0 Å². The van der Waals surface area contributed by atoms with Crippen LogP contribution in [-0.2, 0) is 4.79 Å². The average molecular weight is 267 g/mol. The molecular weight excluding hydrogens is 250 g/mol.